The highest BCUT2D eigenvalue weighted by Gasteiger charge is 2.47. The van der Waals surface area contributed by atoms with Crippen LogP contribution < -0.4 is 0 Å². The van der Waals surface area contributed by atoms with E-state index in [1.807, 2.05) is 0 Å². The van der Waals surface area contributed by atoms with Crippen LogP contribution in [0.25, 0.3) is 0 Å². The molecule has 0 saturated carbocycles. The standard InChI is InChI=1S/C15H10F3NO6S2/c16-15(17,18)27(24,25)13-6-10(14(20)21)5-12(7-13)26-8-9-1-3-11(4-2-9)19(22)23/h1-7H,8H2,(H,20,21). The Balaban J connectivity index is 2.33. The van der Waals surface area contributed by atoms with E-state index in [9.17, 15) is 36.5 Å². The Kier molecular flexibility index (Phi) is 5.80. The first-order valence-corrected chi connectivity index (χ1v) is 9.44. The zero-order chi connectivity index (χ0) is 20.4. The molecule has 2 aromatic carbocycles. The Morgan fingerprint density at radius 2 is 1.74 bits per heavy atom. The minimum Gasteiger partial charge on any atom is -0.478 e. The number of nitrogens with zero attached hydrogens (tertiary/aromatic N) is 1. The van der Waals surface area contributed by atoms with Gasteiger partial charge in [0.25, 0.3) is 15.5 Å². The smallest absolute Gasteiger partial charge is 0.478 e. The van der Waals surface area contributed by atoms with Crippen LogP contribution in [-0.4, -0.2) is 29.9 Å². The molecule has 144 valence electrons. The number of alkyl halides is 3. The fraction of sp³-hybridized carbons (Fsp3) is 0.133. The number of aromatic carboxylic acids is 1. The molecule has 0 heterocycles. The lowest BCUT2D eigenvalue weighted by Crippen LogP contribution is -2.23. The third kappa shape index (κ3) is 4.77. The maximum absolute atomic E-state index is 12.7. The number of carboxylic acid groups (broad SMARTS) is 1. The fourth-order valence-corrected chi connectivity index (χ4v) is 3.80. The molecule has 7 nitrogen and oxygen atoms in total. The summed E-state index contributed by atoms with van der Waals surface area (Å²) in [6, 6.07) is 7.57. The van der Waals surface area contributed by atoms with Gasteiger partial charge >= 0.3 is 11.5 Å². The van der Waals surface area contributed by atoms with E-state index in [2.05, 4.69) is 0 Å². The summed E-state index contributed by atoms with van der Waals surface area (Å²) < 4.78 is 61.4. The van der Waals surface area contributed by atoms with Crippen molar-refractivity contribution in [1.82, 2.24) is 0 Å². The number of non-ortho nitro benzene ring substituents is 1. The van der Waals surface area contributed by atoms with Gasteiger partial charge in [0.1, 0.15) is 0 Å². The van der Waals surface area contributed by atoms with Crippen LogP contribution in [-0.2, 0) is 15.6 Å². The van der Waals surface area contributed by atoms with E-state index in [-0.39, 0.29) is 16.3 Å². The highest BCUT2D eigenvalue weighted by atomic mass is 32.2. The maximum atomic E-state index is 12.7. The van der Waals surface area contributed by atoms with Crippen LogP contribution in [0.4, 0.5) is 18.9 Å². The molecule has 12 heteroatoms. The van der Waals surface area contributed by atoms with Crippen molar-refractivity contribution >= 4 is 33.3 Å². The minimum absolute atomic E-state index is 0.00363. The second-order valence-electron chi connectivity index (χ2n) is 5.16. The first-order chi connectivity index (χ1) is 12.4. The number of hydrogen-bond acceptors (Lipinski definition) is 6. The molecule has 0 radical (unpaired) electrons. The predicted octanol–water partition coefficient (Wildman–Crippen LogP) is 3.88. The molecule has 2 rings (SSSR count). The topological polar surface area (TPSA) is 115 Å². The second-order valence-corrected chi connectivity index (χ2v) is 8.15. The van der Waals surface area contributed by atoms with Gasteiger partial charge in [0.05, 0.1) is 15.4 Å². The number of carboxylic acids is 1. The molecule has 0 aliphatic heterocycles. The number of nitro groups is 1. The third-order valence-electron chi connectivity index (χ3n) is 3.29. The van der Waals surface area contributed by atoms with Gasteiger partial charge in [-0.15, -0.1) is 11.8 Å². The van der Waals surface area contributed by atoms with Crippen molar-refractivity contribution in [2.45, 2.75) is 21.1 Å². The zero-order valence-corrected chi connectivity index (χ0v) is 14.8. The van der Waals surface area contributed by atoms with Crippen LogP contribution in [0.3, 0.4) is 0 Å². The first kappa shape index (κ1) is 20.7. The summed E-state index contributed by atoms with van der Waals surface area (Å²) in [6.45, 7) is 0. The second kappa shape index (κ2) is 7.56. The normalized spacial score (nSPS) is 12.0. The molecular weight excluding hydrogens is 411 g/mol. The van der Waals surface area contributed by atoms with E-state index in [4.69, 9.17) is 5.11 Å². The third-order valence-corrected chi connectivity index (χ3v) is 5.81. The van der Waals surface area contributed by atoms with Gasteiger partial charge in [0, 0.05) is 22.8 Å². The van der Waals surface area contributed by atoms with Crippen LogP contribution in [0.1, 0.15) is 15.9 Å². The van der Waals surface area contributed by atoms with Gasteiger partial charge in [-0.3, -0.25) is 10.1 Å². The summed E-state index contributed by atoms with van der Waals surface area (Å²) in [7, 11) is -5.70. The predicted molar refractivity (Wildman–Crippen MR) is 89.3 cm³/mol. The molecule has 0 aromatic heterocycles. The van der Waals surface area contributed by atoms with Crippen molar-refractivity contribution in [1.29, 1.82) is 0 Å². The molecule has 0 fully saturated rings. The Morgan fingerprint density at radius 3 is 2.22 bits per heavy atom. The van der Waals surface area contributed by atoms with Gasteiger partial charge in [-0.1, -0.05) is 12.1 Å². The Labute approximate surface area is 154 Å². The van der Waals surface area contributed by atoms with Crippen molar-refractivity contribution in [3.05, 3.63) is 63.7 Å². The van der Waals surface area contributed by atoms with E-state index in [1.165, 1.54) is 24.3 Å². The minimum atomic E-state index is -5.70. The van der Waals surface area contributed by atoms with Crippen LogP contribution >= 0.6 is 11.8 Å². The maximum Gasteiger partial charge on any atom is 0.501 e. The van der Waals surface area contributed by atoms with E-state index in [1.54, 1.807) is 0 Å². The van der Waals surface area contributed by atoms with E-state index in [0.717, 1.165) is 23.9 Å². The molecule has 27 heavy (non-hydrogen) atoms. The summed E-state index contributed by atoms with van der Waals surface area (Å²) in [4.78, 5) is 19.9. The van der Waals surface area contributed by atoms with E-state index < -0.39 is 36.7 Å². The number of sulfone groups is 1. The molecule has 0 aliphatic rings. The molecule has 0 aliphatic carbocycles. The summed E-state index contributed by atoms with van der Waals surface area (Å²) in [5.41, 5.74) is -5.74. The monoisotopic (exact) mass is 421 g/mol. The van der Waals surface area contributed by atoms with Crippen molar-refractivity contribution in [3.63, 3.8) is 0 Å². The zero-order valence-electron chi connectivity index (χ0n) is 13.1. The fourth-order valence-electron chi connectivity index (χ4n) is 1.95. The highest BCUT2D eigenvalue weighted by Crippen LogP contribution is 2.34. The number of halogens is 3. The molecule has 0 atom stereocenters. The van der Waals surface area contributed by atoms with Crippen molar-refractivity contribution in [3.8, 4) is 0 Å². The number of thioether (sulfide) groups is 1. The molecule has 0 unspecified atom stereocenters. The van der Waals surface area contributed by atoms with Crippen LogP contribution in [0, 0.1) is 10.1 Å². The Bertz CT molecular complexity index is 988. The molecule has 0 saturated heterocycles. The number of nitro benzene ring substituents is 1. The van der Waals surface area contributed by atoms with Crippen molar-refractivity contribution < 1.29 is 36.4 Å². The van der Waals surface area contributed by atoms with Gasteiger partial charge in [-0.05, 0) is 23.8 Å². The number of carbonyl (C=O) groups is 1. The average Bonchev–Trinajstić information content (AvgIpc) is 2.59. The SMILES string of the molecule is O=C(O)c1cc(SCc2ccc([N+](=O)[O-])cc2)cc(S(=O)(=O)C(F)(F)F)c1. The van der Waals surface area contributed by atoms with Gasteiger partial charge < -0.3 is 5.11 Å². The first-order valence-electron chi connectivity index (χ1n) is 6.97. The molecule has 0 bridgehead atoms. The number of rotatable bonds is 6. The average molecular weight is 421 g/mol. The summed E-state index contributed by atoms with van der Waals surface area (Å²) in [6.07, 6.45) is 0. The number of hydrogen-bond donors (Lipinski definition) is 1. The molecular formula is C15H10F3NO6S2. The lowest BCUT2D eigenvalue weighted by atomic mass is 10.2. The summed E-state index contributed by atoms with van der Waals surface area (Å²) in [5.74, 6) is -1.45. The Hall–Kier alpha value is -2.60. The molecule has 0 spiro atoms. The van der Waals surface area contributed by atoms with E-state index >= 15 is 0 Å². The summed E-state index contributed by atoms with van der Waals surface area (Å²) in [5, 5.41) is 19.6. The molecule has 1 N–H and O–H groups in total. The van der Waals surface area contributed by atoms with Gasteiger partial charge in [0.15, 0.2) is 0 Å². The summed E-state index contributed by atoms with van der Waals surface area (Å²) >= 11 is 0.895. The van der Waals surface area contributed by atoms with Gasteiger partial charge in [0.2, 0.25) is 0 Å². The molecule has 2 aromatic rings. The van der Waals surface area contributed by atoms with Gasteiger partial charge in [-0.2, -0.15) is 13.2 Å². The van der Waals surface area contributed by atoms with Crippen LogP contribution in [0.2, 0.25) is 0 Å². The van der Waals surface area contributed by atoms with Crippen molar-refractivity contribution in [2.75, 3.05) is 0 Å². The Morgan fingerprint density at radius 1 is 1.15 bits per heavy atom. The number of benzene rings is 2. The van der Waals surface area contributed by atoms with Crippen LogP contribution in [0.5, 0.6) is 0 Å². The quantitative estimate of drug-likeness (QED) is 0.428. The molecule has 0 amide bonds. The highest BCUT2D eigenvalue weighted by molar-refractivity contribution is 7.98. The van der Waals surface area contributed by atoms with E-state index in [0.29, 0.717) is 11.6 Å². The largest absolute Gasteiger partial charge is 0.501 e. The van der Waals surface area contributed by atoms with Gasteiger partial charge in [-0.25, -0.2) is 13.2 Å². The van der Waals surface area contributed by atoms with Crippen molar-refractivity contribution in [2.24, 2.45) is 0 Å². The lowest BCUT2D eigenvalue weighted by molar-refractivity contribution is -0.384. The lowest BCUT2D eigenvalue weighted by Gasteiger charge is -2.11. The van der Waals surface area contributed by atoms with Crippen LogP contribution in [0.15, 0.2) is 52.3 Å².